The van der Waals surface area contributed by atoms with Crippen molar-refractivity contribution in [3.8, 4) is 0 Å². The topological polar surface area (TPSA) is 68.1 Å². The number of rotatable bonds is 5. The Labute approximate surface area is 125 Å². The minimum Gasteiger partial charge on any atom is -0.361 e. The van der Waals surface area contributed by atoms with Crippen LogP contribution in [0, 0.1) is 17.0 Å². The van der Waals surface area contributed by atoms with Crippen LogP contribution < -0.4 is 5.32 Å². The number of halogens is 1. The van der Waals surface area contributed by atoms with E-state index in [1.807, 2.05) is 6.92 Å². The SMILES string of the molecule is Cc1ccc(CC(C)Nc2nc(Cl)ccc2[N+](=O)[O-])s1. The van der Waals surface area contributed by atoms with Crippen molar-refractivity contribution in [3.05, 3.63) is 49.3 Å². The van der Waals surface area contributed by atoms with Gasteiger partial charge in [0, 0.05) is 28.3 Å². The van der Waals surface area contributed by atoms with Gasteiger partial charge in [-0.25, -0.2) is 4.98 Å². The average Bonchev–Trinajstić information content (AvgIpc) is 2.74. The molecule has 0 saturated heterocycles. The number of nitrogens with one attached hydrogen (secondary N) is 1. The zero-order chi connectivity index (χ0) is 14.7. The van der Waals surface area contributed by atoms with Crippen molar-refractivity contribution >= 4 is 34.4 Å². The molecule has 2 heterocycles. The highest BCUT2D eigenvalue weighted by molar-refractivity contribution is 7.11. The number of hydrogen-bond acceptors (Lipinski definition) is 5. The van der Waals surface area contributed by atoms with Gasteiger partial charge in [0.25, 0.3) is 0 Å². The van der Waals surface area contributed by atoms with Crippen LogP contribution in [-0.4, -0.2) is 15.9 Å². The lowest BCUT2D eigenvalue weighted by atomic mass is 10.2. The summed E-state index contributed by atoms with van der Waals surface area (Å²) in [6.45, 7) is 4.01. The van der Waals surface area contributed by atoms with Crippen LogP contribution in [0.25, 0.3) is 0 Å². The molecular formula is C13H14ClN3O2S. The highest BCUT2D eigenvalue weighted by atomic mass is 35.5. The molecule has 0 bridgehead atoms. The minimum atomic E-state index is -0.465. The van der Waals surface area contributed by atoms with Crippen LogP contribution >= 0.6 is 22.9 Å². The van der Waals surface area contributed by atoms with Gasteiger partial charge in [0.2, 0.25) is 5.82 Å². The number of aromatic nitrogens is 1. The lowest BCUT2D eigenvalue weighted by Crippen LogP contribution is -2.19. The molecule has 0 aliphatic carbocycles. The van der Waals surface area contributed by atoms with Crippen molar-refractivity contribution in [1.29, 1.82) is 0 Å². The lowest BCUT2D eigenvalue weighted by Gasteiger charge is -2.13. The molecule has 2 rings (SSSR count). The molecular weight excluding hydrogens is 298 g/mol. The summed E-state index contributed by atoms with van der Waals surface area (Å²) in [7, 11) is 0. The van der Waals surface area contributed by atoms with Crippen LogP contribution in [0.4, 0.5) is 11.5 Å². The summed E-state index contributed by atoms with van der Waals surface area (Å²) in [4.78, 5) is 17.0. The van der Waals surface area contributed by atoms with Gasteiger partial charge in [-0.15, -0.1) is 11.3 Å². The van der Waals surface area contributed by atoms with Gasteiger partial charge in [-0.2, -0.15) is 0 Å². The number of nitrogens with zero attached hydrogens (tertiary/aromatic N) is 2. The second-order valence-corrected chi connectivity index (χ2v) is 6.28. The van der Waals surface area contributed by atoms with E-state index in [4.69, 9.17) is 11.6 Å². The second kappa shape index (κ2) is 6.19. The molecule has 1 unspecified atom stereocenters. The van der Waals surface area contributed by atoms with E-state index in [0.29, 0.717) is 0 Å². The van der Waals surface area contributed by atoms with Gasteiger partial charge in [-0.1, -0.05) is 11.6 Å². The summed E-state index contributed by atoms with van der Waals surface area (Å²) < 4.78 is 0. The summed E-state index contributed by atoms with van der Waals surface area (Å²) in [5.74, 6) is 0.211. The third-order valence-electron chi connectivity index (χ3n) is 2.72. The first-order valence-electron chi connectivity index (χ1n) is 6.08. The summed E-state index contributed by atoms with van der Waals surface area (Å²) in [6, 6.07) is 6.93. The van der Waals surface area contributed by atoms with E-state index in [0.717, 1.165) is 6.42 Å². The Morgan fingerprint density at radius 2 is 2.20 bits per heavy atom. The normalized spacial score (nSPS) is 12.2. The van der Waals surface area contributed by atoms with Gasteiger partial charge in [-0.05, 0) is 32.0 Å². The van der Waals surface area contributed by atoms with E-state index in [9.17, 15) is 10.1 Å². The summed E-state index contributed by atoms with van der Waals surface area (Å²) in [6.07, 6.45) is 0.782. The Morgan fingerprint density at radius 3 is 2.80 bits per heavy atom. The van der Waals surface area contributed by atoms with Crippen molar-refractivity contribution < 1.29 is 4.92 Å². The minimum absolute atomic E-state index is 0.0257. The van der Waals surface area contributed by atoms with Crippen molar-refractivity contribution in [2.75, 3.05) is 5.32 Å². The fourth-order valence-corrected chi connectivity index (χ4v) is 3.03. The standard InChI is InChI=1S/C13H14ClN3O2S/c1-8(7-10-4-3-9(2)20-10)15-13-11(17(18)19)5-6-12(14)16-13/h3-6,8H,7H2,1-2H3,(H,15,16). The smallest absolute Gasteiger partial charge is 0.311 e. The monoisotopic (exact) mass is 311 g/mol. The van der Waals surface area contributed by atoms with Crippen LogP contribution in [0.5, 0.6) is 0 Å². The maximum atomic E-state index is 11.0. The Morgan fingerprint density at radius 1 is 1.45 bits per heavy atom. The van der Waals surface area contributed by atoms with Gasteiger partial charge in [-0.3, -0.25) is 10.1 Å². The predicted molar refractivity (Wildman–Crippen MR) is 81.7 cm³/mol. The maximum absolute atomic E-state index is 11.0. The largest absolute Gasteiger partial charge is 0.361 e. The third kappa shape index (κ3) is 3.68. The molecule has 20 heavy (non-hydrogen) atoms. The lowest BCUT2D eigenvalue weighted by molar-refractivity contribution is -0.384. The molecule has 7 heteroatoms. The average molecular weight is 312 g/mol. The van der Waals surface area contributed by atoms with Crippen molar-refractivity contribution in [3.63, 3.8) is 0 Å². The highest BCUT2D eigenvalue weighted by Crippen LogP contribution is 2.25. The Kier molecular flexibility index (Phi) is 4.57. The van der Waals surface area contributed by atoms with E-state index in [2.05, 4.69) is 29.4 Å². The first-order chi connectivity index (χ1) is 9.45. The van der Waals surface area contributed by atoms with E-state index >= 15 is 0 Å². The Bertz CT molecular complexity index is 630. The zero-order valence-electron chi connectivity index (χ0n) is 11.1. The number of hydrogen-bond donors (Lipinski definition) is 1. The molecule has 0 amide bonds. The summed E-state index contributed by atoms with van der Waals surface area (Å²) in [5, 5.41) is 14.3. The molecule has 2 aromatic heterocycles. The molecule has 0 fully saturated rings. The Balaban J connectivity index is 2.12. The quantitative estimate of drug-likeness (QED) is 0.513. The molecule has 5 nitrogen and oxygen atoms in total. The van der Waals surface area contributed by atoms with Crippen LogP contribution in [-0.2, 0) is 6.42 Å². The maximum Gasteiger partial charge on any atom is 0.311 e. The van der Waals surface area contributed by atoms with Gasteiger partial charge in [0.05, 0.1) is 4.92 Å². The van der Waals surface area contributed by atoms with Gasteiger partial charge < -0.3 is 5.32 Å². The summed E-state index contributed by atoms with van der Waals surface area (Å²) >= 11 is 7.52. The van der Waals surface area contributed by atoms with Crippen LogP contribution in [0.15, 0.2) is 24.3 Å². The number of pyridine rings is 1. The number of anilines is 1. The molecule has 2 aromatic rings. The number of thiophene rings is 1. The highest BCUT2D eigenvalue weighted by Gasteiger charge is 2.17. The van der Waals surface area contributed by atoms with Gasteiger partial charge in [0.15, 0.2) is 0 Å². The van der Waals surface area contributed by atoms with Crippen molar-refractivity contribution in [2.24, 2.45) is 0 Å². The van der Waals surface area contributed by atoms with Gasteiger partial charge in [0.1, 0.15) is 5.15 Å². The first-order valence-corrected chi connectivity index (χ1v) is 7.28. The first kappa shape index (κ1) is 14.7. The molecule has 1 atom stereocenters. The van der Waals surface area contributed by atoms with E-state index in [1.54, 1.807) is 11.3 Å². The molecule has 1 N–H and O–H groups in total. The predicted octanol–water partition coefficient (Wildman–Crippen LogP) is 4.06. The molecule has 0 radical (unpaired) electrons. The van der Waals surface area contributed by atoms with E-state index in [-0.39, 0.29) is 22.7 Å². The molecule has 0 aliphatic rings. The van der Waals surface area contributed by atoms with E-state index < -0.39 is 4.92 Å². The summed E-state index contributed by atoms with van der Waals surface area (Å²) in [5.41, 5.74) is -0.0661. The molecule has 0 spiro atoms. The fraction of sp³-hybridized carbons (Fsp3) is 0.308. The van der Waals surface area contributed by atoms with E-state index in [1.165, 1.54) is 21.9 Å². The van der Waals surface area contributed by atoms with Crippen LogP contribution in [0.3, 0.4) is 0 Å². The third-order valence-corrected chi connectivity index (χ3v) is 3.96. The van der Waals surface area contributed by atoms with Crippen molar-refractivity contribution in [2.45, 2.75) is 26.3 Å². The molecule has 0 saturated carbocycles. The second-order valence-electron chi connectivity index (χ2n) is 4.52. The van der Waals surface area contributed by atoms with Crippen LogP contribution in [0.1, 0.15) is 16.7 Å². The van der Waals surface area contributed by atoms with Crippen LogP contribution in [0.2, 0.25) is 5.15 Å². The molecule has 106 valence electrons. The number of nitro groups is 1. The number of aryl methyl sites for hydroxylation is 1. The van der Waals surface area contributed by atoms with Crippen molar-refractivity contribution in [1.82, 2.24) is 4.98 Å². The molecule has 0 aromatic carbocycles. The van der Waals surface area contributed by atoms with Gasteiger partial charge >= 0.3 is 5.69 Å². The fourth-order valence-electron chi connectivity index (χ4n) is 1.86. The zero-order valence-corrected chi connectivity index (χ0v) is 12.7. The molecule has 0 aliphatic heterocycles. The Hall–Kier alpha value is -1.66.